The van der Waals surface area contributed by atoms with Crippen LogP contribution in [0.25, 0.3) is 11.4 Å². The van der Waals surface area contributed by atoms with E-state index in [0.29, 0.717) is 22.1 Å². The molecule has 2 amide bonds. The van der Waals surface area contributed by atoms with Crippen molar-refractivity contribution in [3.8, 4) is 11.4 Å². The van der Waals surface area contributed by atoms with Crippen LogP contribution in [0.4, 0.5) is 10.5 Å². The molecular formula is C8H7ClN6O. The summed E-state index contributed by atoms with van der Waals surface area (Å²) in [6, 6.07) is 4.19. The summed E-state index contributed by atoms with van der Waals surface area (Å²) >= 11 is 5.84. The van der Waals surface area contributed by atoms with Gasteiger partial charge in [-0.15, -0.1) is 5.10 Å². The molecule has 0 bridgehead atoms. The zero-order valence-corrected chi connectivity index (χ0v) is 8.69. The van der Waals surface area contributed by atoms with Gasteiger partial charge in [-0.25, -0.2) is 9.89 Å². The molecule has 0 radical (unpaired) electrons. The average Bonchev–Trinajstić information content (AvgIpc) is 2.73. The third-order valence-electron chi connectivity index (χ3n) is 1.84. The Labute approximate surface area is 95.0 Å². The number of carbonyl (C=O) groups is 1. The number of nitrogens with two attached hydrogens (primary N) is 1. The molecule has 82 valence electrons. The molecule has 2 aromatic rings. The number of carbonyl (C=O) groups excluding carboxylic acids is 1. The fourth-order valence-corrected chi connectivity index (χ4v) is 1.40. The van der Waals surface area contributed by atoms with Gasteiger partial charge >= 0.3 is 6.03 Å². The molecule has 0 aliphatic carbocycles. The van der Waals surface area contributed by atoms with Crippen LogP contribution in [0.1, 0.15) is 0 Å². The second kappa shape index (κ2) is 4.15. The number of aromatic amines is 1. The number of benzene rings is 1. The van der Waals surface area contributed by atoms with E-state index in [1.807, 2.05) is 0 Å². The van der Waals surface area contributed by atoms with Gasteiger partial charge in [0.2, 0.25) is 0 Å². The Morgan fingerprint density at radius 1 is 1.50 bits per heavy atom. The van der Waals surface area contributed by atoms with E-state index in [9.17, 15) is 4.79 Å². The van der Waals surface area contributed by atoms with Crippen molar-refractivity contribution >= 4 is 23.3 Å². The monoisotopic (exact) mass is 238 g/mol. The van der Waals surface area contributed by atoms with E-state index in [1.165, 1.54) is 0 Å². The second-order valence-electron chi connectivity index (χ2n) is 2.93. The van der Waals surface area contributed by atoms with Gasteiger partial charge in [-0.3, -0.25) is 0 Å². The third kappa shape index (κ3) is 2.09. The van der Waals surface area contributed by atoms with Crippen molar-refractivity contribution in [3.05, 3.63) is 23.2 Å². The Balaban J connectivity index is 2.48. The third-order valence-corrected chi connectivity index (χ3v) is 2.08. The smallest absolute Gasteiger partial charge is 0.316 e. The summed E-state index contributed by atoms with van der Waals surface area (Å²) in [4.78, 5) is 10.8. The normalized spacial score (nSPS) is 10.1. The molecule has 0 atom stereocenters. The highest BCUT2D eigenvalue weighted by Crippen LogP contribution is 2.27. The van der Waals surface area contributed by atoms with Crippen LogP contribution in [0.3, 0.4) is 0 Å². The van der Waals surface area contributed by atoms with Gasteiger partial charge in [-0.2, -0.15) is 0 Å². The van der Waals surface area contributed by atoms with Gasteiger partial charge < -0.3 is 11.1 Å². The van der Waals surface area contributed by atoms with Crippen LogP contribution in [-0.2, 0) is 0 Å². The van der Waals surface area contributed by atoms with E-state index in [4.69, 9.17) is 17.3 Å². The fraction of sp³-hybridized carbons (Fsp3) is 0. The molecule has 0 aliphatic rings. The SMILES string of the molecule is NC(=O)Nc1ccc(Cl)cc1-c1nnn[nH]1. The minimum atomic E-state index is -0.670. The van der Waals surface area contributed by atoms with Gasteiger partial charge in [0.25, 0.3) is 0 Å². The van der Waals surface area contributed by atoms with Crippen LogP contribution in [0.2, 0.25) is 5.02 Å². The van der Waals surface area contributed by atoms with Crippen molar-refractivity contribution in [3.63, 3.8) is 0 Å². The summed E-state index contributed by atoms with van der Waals surface area (Å²) in [7, 11) is 0. The zero-order chi connectivity index (χ0) is 11.5. The van der Waals surface area contributed by atoms with Crippen LogP contribution in [-0.4, -0.2) is 26.7 Å². The van der Waals surface area contributed by atoms with Crippen molar-refractivity contribution in [2.24, 2.45) is 5.73 Å². The molecule has 16 heavy (non-hydrogen) atoms. The van der Waals surface area contributed by atoms with E-state index in [-0.39, 0.29) is 0 Å². The van der Waals surface area contributed by atoms with Gasteiger partial charge in [0.15, 0.2) is 5.82 Å². The van der Waals surface area contributed by atoms with Crippen molar-refractivity contribution in [1.29, 1.82) is 0 Å². The number of aromatic nitrogens is 4. The molecule has 1 aromatic heterocycles. The molecule has 0 spiro atoms. The van der Waals surface area contributed by atoms with Gasteiger partial charge in [0, 0.05) is 10.6 Å². The summed E-state index contributed by atoms with van der Waals surface area (Å²) in [5.74, 6) is 0.395. The Morgan fingerprint density at radius 2 is 2.31 bits per heavy atom. The maximum atomic E-state index is 10.8. The van der Waals surface area contributed by atoms with E-state index in [1.54, 1.807) is 18.2 Å². The number of urea groups is 1. The lowest BCUT2D eigenvalue weighted by molar-refractivity contribution is 0.259. The van der Waals surface area contributed by atoms with Crippen molar-refractivity contribution < 1.29 is 4.79 Å². The predicted molar refractivity (Wildman–Crippen MR) is 57.8 cm³/mol. The van der Waals surface area contributed by atoms with Crippen molar-refractivity contribution in [2.45, 2.75) is 0 Å². The van der Waals surface area contributed by atoms with Gasteiger partial charge in [-0.1, -0.05) is 11.6 Å². The van der Waals surface area contributed by atoms with Gasteiger partial charge in [0.1, 0.15) is 0 Å². The number of amides is 2. The quantitative estimate of drug-likeness (QED) is 0.725. The van der Waals surface area contributed by atoms with E-state index < -0.39 is 6.03 Å². The molecule has 0 fully saturated rings. The molecule has 0 saturated carbocycles. The Bertz CT molecular complexity index is 511. The second-order valence-corrected chi connectivity index (χ2v) is 3.37. The van der Waals surface area contributed by atoms with E-state index in [2.05, 4.69) is 25.9 Å². The highest BCUT2D eigenvalue weighted by Gasteiger charge is 2.10. The van der Waals surface area contributed by atoms with Crippen LogP contribution < -0.4 is 11.1 Å². The minimum absolute atomic E-state index is 0.395. The van der Waals surface area contributed by atoms with Gasteiger partial charge in [0.05, 0.1) is 5.69 Å². The number of rotatable bonds is 2. The van der Waals surface area contributed by atoms with Crippen LogP contribution in [0, 0.1) is 0 Å². The molecule has 2 rings (SSSR count). The Kier molecular flexibility index (Phi) is 2.69. The maximum Gasteiger partial charge on any atom is 0.316 e. The summed E-state index contributed by atoms with van der Waals surface area (Å²) in [6.07, 6.45) is 0. The first kappa shape index (κ1) is 10.4. The number of halogens is 1. The largest absolute Gasteiger partial charge is 0.351 e. The molecule has 1 aromatic carbocycles. The number of nitrogens with one attached hydrogen (secondary N) is 2. The number of primary amides is 1. The number of anilines is 1. The lowest BCUT2D eigenvalue weighted by Crippen LogP contribution is -2.19. The standard InChI is InChI=1S/C8H7ClN6O/c9-4-1-2-6(11-8(10)16)5(3-4)7-12-14-15-13-7/h1-3H,(H3,10,11,16)(H,12,13,14,15). The molecule has 7 nitrogen and oxygen atoms in total. The first-order chi connectivity index (χ1) is 7.66. The number of H-pyrrole nitrogens is 1. The molecule has 8 heteroatoms. The summed E-state index contributed by atoms with van der Waals surface area (Å²) < 4.78 is 0. The topological polar surface area (TPSA) is 110 Å². The molecule has 0 unspecified atom stereocenters. The van der Waals surface area contributed by atoms with Crippen LogP contribution >= 0.6 is 11.6 Å². The molecule has 1 heterocycles. The molecule has 0 aliphatic heterocycles. The van der Waals surface area contributed by atoms with Crippen molar-refractivity contribution in [2.75, 3.05) is 5.32 Å². The first-order valence-corrected chi connectivity index (χ1v) is 4.64. The first-order valence-electron chi connectivity index (χ1n) is 4.27. The van der Waals surface area contributed by atoms with Crippen LogP contribution in [0.5, 0.6) is 0 Å². The van der Waals surface area contributed by atoms with Crippen LogP contribution in [0.15, 0.2) is 18.2 Å². The predicted octanol–water partition coefficient (Wildman–Crippen LogP) is 1.01. The highest BCUT2D eigenvalue weighted by molar-refractivity contribution is 6.31. The Hall–Kier alpha value is -2.15. The van der Waals surface area contributed by atoms with E-state index >= 15 is 0 Å². The molecule has 0 saturated heterocycles. The lowest BCUT2D eigenvalue weighted by atomic mass is 10.1. The summed E-state index contributed by atoms with van der Waals surface area (Å²) in [5.41, 5.74) is 6.09. The number of hydrogen-bond acceptors (Lipinski definition) is 4. The summed E-state index contributed by atoms with van der Waals surface area (Å²) in [5, 5.41) is 16.1. The lowest BCUT2D eigenvalue weighted by Gasteiger charge is -2.06. The van der Waals surface area contributed by atoms with E-state index in [0.717, 1.165) is 0 Å². The fourth-order valence-electron chi connectivity index (χ4n) is 1.23. The number of tetrazole rings is 1. The van der Waals surface area contributed by atoms with Crippen molar-refractivity contribution in [1.82, 2.24) is 20.6 Å². The highest BCUT2D eigenvalue weighted by atomic mass is 35.5. The summed E-state index contributed by atoms with van der Waals surface area (Å²) in [6.45, 7) is 0. The number of hydrogen-bond donors (Lipinski definition) is 3. The minimum Gasteiger partial charge on any atom is -0.351 e. The molecule has 4 N–H and O–H groups in total. The number of nitrogens with zero attached hydrogens (tertiary/aromatic N) is 3. The zero-order valence-electron chi connectivity index (χ0n) is 7.94. The Morgan fingerprint density at radius 3 is 2.94 bits per heavy atom. The van der Waals surface area contributed by atoms with Gasteiger partial charge in [-0.05, 0) is 28.6 Å². The average molecular weight is 239 g/mol. The maximum absolute atomic E-state index is 10.8. The molecular weight excluding hydrogens is 232 g/mol.